The summed E-state index contributed by atoms with van der Waals surface area (Å²) < 4.78 is 5.84. The van der Waals surface area contributed by atoms with Gasteiger partial charge < -0.3 is 15.8 Å². The fourth-order valence-corrected chi connectivity index (χ4v) is 2.24. The Morgan fingerprint density at radius 2 is 1.68 bits per heavy atom. The normalized spacial score (nSPS) is 11.8. The van der Waals surface area contributed by atoms with Gasteiger partial charge in [0.25, 0.3) is 5.91 Å². The number of nitrogens with one attached hydrogen (secondary N) is 1. The van der Waals surface area contributed by atoms with Crippen LogP contribution in [0.3, 0.4) is 0 Å². The molecule has 0 aliphatic heterocycles. The van der Waals surface area contributed by atoms with E-state index in [1.807, 2.05) is 57.2 Å². The Bertz CT molecular complexity index is 675. The average Bonchev–Trinajstić information content (AvgIpc) is 2.47. The standard InChI is InChI=1S/C18H22N2O2/c1-11-7-5-8-12(2)17(11)22-14(4)18(21)20-16-10-6-9-15(19)13(16)3/h5-10,14H,19H2,1-4H3,(H,20,21). The Hall–Kier alpha value is -2.49. The van der Waals surface area contributed by atoms with Gasteiger partial charge in [-0.25, -0.2) is 0 Å². The predicted molar refractivity (Wildman–Crippen MR) is 90.2 cm³/mol. The van der Waals surface area contributed by atoms with Gasteiger partial charge >= 0.3 is 0 Å². The van der Waals surface area contributed by atoms with Crippen LogP contribution >= 0.6 is 0 Å². The molecule has 0 spiro atoms. The van der Waals surface area contributed by atoms with Gasteiger partial charge in [-0.05, 0) is 56.5 Å². The number of hydrogen-bond acceptors (Lipinski definition) is 3. The van der Waals surface area contributed by atoms with Gasteiger partial charge in [0.2, 0.25) is 0 Å². The molecule has 0 aromatic heterocycles. The Labute approximate surface area is 131 Å². The van der Waals surface area contributed by atoms with E-state index in [9.17, 15) is 4.79 Å². The molecule has 3 N–H and O–H groups in total. The number of nitrogens with two attached hydrogens (primary N) is 1. The second-order valence-electron chi connectivity index (χ2n) is 5.49. The maximum absolute atomic E-state index is 12.3. The van der Waals surface area contributed by atoms with Gasteiger partial charge in [0, 0.05) is 11.4 Å². The van der Waals surface area contributed by atoms with Crippen LogP contribution in [0.5, 0.6) is 5.75 Å². The minimum Gasteiger partial charge on any atom is -0.480 e. The second kappa shape index (κ2) is 6.52. The van der Waals surface area contributed by atoms with Gasteiger partial charge in [-0.2, -0.15) is 0 Å². The third kappa shape index (κ3) is 3.39. The van der Waals surface area contributed by atoms with Crippen LogP contribution < -0.4 is 15.8 Å². The zero-order valence-corrected chi connectivity index (χ0v) is 13.4. The van der Waals surface area contributed by atoms with Gasteiger partial charge in [-0.3, -0.25) is 4.79 Å². The maximum Gasteiger partial charge on any atom is 0.265 e. The highest BCUT2D eigenvalue weighted by atomic mass is 16.5. The van der Waals surface area contributed by atoms with Crippen molar-refractivity contribution in [1.29, 1.82) is 0 Å². The number of rotatable bonds is 4. The molecule has 2 aromatic carbocycles. The third-order valence-electron chi connectivity index (χ3n) is 3.71. The Kier molecular flexibility index (Phi) is 4.71. The summed E-state index contributed by atoms with van der Waals surface area (Å²) in [6.45, 7) is 7.55. The summed E-state index contributed by atoms with van der Waals surface area (Å²) in [5.74, 6) is 0.561. The molecule has 1 unspecified atom stereocenters. The summed E-state index contributed by atoms with van der Waals surface area (Å²) in [5, 5.41) is 2.87. The number of hydrogen-bond donors (Lipinski definition) is 2. The number of aryl methyl sites for hydroxylation is 2. The van der Waals surface area contributed by atoms with Crippen molar-refractivity contribution in [3.8, 4) is 5.75 Å². The molecule has 22 heavy (non-hydrogen) atoms. The van der Waals surface area contributed by atoms with E-state index >= 15 is 0 Å². The lowest BCUT2D eigenvalue weighted by atomic mass is 10.1. The molecule has 0 aliphatic rings. The van der Waals surface area contributed by atoms with Crippen molar-refractivity contribution in [2.75, 3.05) is 11.1 Å². The van der Waals surface area contributed by atoms with Crippen molar-refractivity contribution in [1.82, 2.24) is 0 Å². The van der Waals surface area contributed by atoms with E-state index in [0.29, 0.717) is 11.4 Å². The highest BCUT2D eigenvalue weighted by Crippen LogP contribution is 2.24. The molecule has 2 rings (SSSR count). The van der Waals surface area contributed by atoms with Crippen molar-refractivity contribution < 1.29 is 9.53 Å². The van der Waals surface area contributed by atoms with Crippen molar-refractivity contribution in [3.05, 3.63) is 53.1 Å². The van der Waals surface area contributed by atoms with Gasteiger partial charge in [-0.15, -0.1) is 0 Å². The van der Waals surface area contributed by atoms with Crippen LogP contribution in [0.1, 0.15) is 23.6 Å². The zero-order valence-electron chi connectivity index (χ0n) is 13.4. The molecule has 0 heterocycles. The number of carbonyl (C=O) groups is 1. The fourth-order valence-electron chi connectivity index (χ4n) is 2.24. The molecule has 116 valence electrons. The first-order chi connectivity index (χ1) is 10.4. The molecule has 1 amide bonds. The third-order valence-corrected chi connectivity index (χ3v) is 3.71. The van der Waals surface area contributed by atoms with Crippen LogP contribution in [-0.4, -0.2) is 12.0 Å². The summed E-state index contributed by atoms with van der Waals surface area (Å²) in [7, 11) is 0. The van der Waals surface area contributed by atoms with E-state index in [1.54, 1.807) is 6.92 Å². The lowest BCUT2D eigenvalue weighted by Gasteiger charge is -2.18. The lowest BCUT2D eigenvalue weighted by Crippen LogP contribution is -2.30. The van der Waals surface area contributed by atoms with Crippen LogP contribution in [0, 0.1) is 20.8 Å². The summed E-state index contributed by atoms with van der Waals surface area (Å²) in [6, 6.07) is 11.4. The van der Waals surface area contributed by atoms with E-state index < -0.39 is 6.10 Å². The van der Waals surface area contributed by atoms with E-state index in [4.69, 9.17) is 10.5 Å². The maximum atomic E-state index is 12.3. The monoisotopic (exact) mass is 298 g/mol. The number of nitrogen functional groups attached to an aromatic ring is 1. The first kappa shape index (κ1) is 15.9. The van der Waals surface area contributed by atoms with E-state index in [2.05, 4.69) is 5.32 Å². The summed E-state index contributed by atoms with van der Waals surface area (Å²) in [5.41, 5.74) is 10.1. The van der Waals surface area contributed by atoms with Crippen molar-refractivity contribution in [3.63, 3.8) is 0 Å². The van der Waals surface area contributed by atoms with Gasteiger partial charge in [0.05, 0.1) is 0 Å². The first-order valence-electron chi connectivity index (χ1n) is 7.29. The van der Waals surface area contributed by atoms with Gasteiger partial charge in [-0.1, -0.05) is 24.3 Å². The fraction of sp³-hybridized carbons (Fsp3) is 0.278. The quantitative estimate of drug-likeness (QED) is 0.848. The smallest absolute Gasteiger partial charge is 0.265 e. The first-order valence-corrected chi connectivity index (χ1v) is 7.29. The molecular formula is C18H22N2O2. The molecule has 1 atom stereocenters. The number of benzene rings is 2. The lowest BCUT2D eigenvalue weighted by molar-refractivity contribution is -0.122. The Morgan fingerprint density at radius 3 is 2.32 bits per heavy atom. The highest BCUT2D eigenvalue weighted by Gasteiger charge is 2.17. The summed E-state index contributed by atoms with van der Waals surface area (Å²) >= 11 is 0. The van der Waals surface area contributed by atoms with E-state index in [0.717, 1.165) is 22.4 Å². The molecule has 0 saturated carbocycles. The Morgan fingerprint density at radius 1 is 1.09 bits per heavy atom. The van der Waals surface area contributed by atoms with Crippen molar-refractivity contribution in [2.45, 2.75) is 33.8 Å². The van der Waals surface area contributed by atoms with Gasteiger partial charge in [0.1, 0.15) is 5.75 Å². The number of ether oxygens (including phenoxy) is 1. The minimum absolute atomic E-state index is 0.198. The van der Waals surface area contributed by atoms with Crippen LogP contribution in [0.25, 0.3) is 0 Å². The summed E-state index contributed by atoms with van der Waals surface area (Å²) in [6.07, 6.45) is -0.597. The molecule has 0 radical (unpaired) electrons. The molecular weight excluding hydrogens is 276 g/mol. The second-order valence-corrected chi connectivity index (χ2v) is 5.49. The number of para-hydroxylation sites is 1. The zero-order chi connectivity index (χ0) is 16.3. The van der Waals surface area contributed by atoms with Crippen molar-refractivity contribution in [2.24, 2.45) is 0 Å². The minimum atomic E-state index is -0.597. The summed E-state index contributed by atoms with van der Waals surface area (Å²) in [4.78, 5) is 12.3. The van der Waals surface area contributed by atoms with Crippen LogP contribution in [-0.2, 0) is 4.79 Å². The van der Waals surface area contributed by atoms with Crippen LogP contribution in [0.15, 0.2) is 36.4 Å². The number of carbonyl (C=O) groups excluding carboxylic acids is 1. The Balaban J connectivity index is 2.11. The SMILES string of the molecule is Cc1cccc(C)c1OC(C)C(=O)Nc1cccc(N)c1C. The van der Waals surface area contributed by atoms with Crippen LogP contribution in [0.2, 0.25) is 0 Å². The number of anilines is 2. The largest absolute Gasteiger partial charge is 0.480 e. The van der Waals surface area contributed by atoms with E-state index in [-0.39, 0.29) is 5.91 Å². The van der Waals surface area contributed by atoms with Crippen molar-refractivity contribution >= 4 is 17.3 Å². The number of amides is 1. The predicted octanol–water partition coefficient (Wildman–Crippen LogP) is 3.60. The molecule has 0 fully saturated rings. The van der Waals surface area contributed by atoms with Gasteiger partial charge in [0.15, 0.2) is 6.10 Å². The average molecular weight is 298 g/mol. The van der Waals surface area contributed by atoms with Crippen LogP contribution in [0.4, 0.5) is 11.4 Å². The molecule has 0 bridgehead atoms. The highest BCUT2D eigenvalue weighted by molar-refractivity contribution is 5.95. The molecule has 0 aliphatic carbocycles. The molecule has 4 heteroatoms. The molecule has 2 aromatic rings. The van der Waals surface area contributed by atoms with E-state index in [1.165, 1.54) is 0 Å². The molecule has 0 saturated heterocycles. The topological polar surface area (TPSA) is 64.3 Å². The molecule has 4 nitrogen and oxygen atoms in total.